The Balaban J connectivity index is 2.28. The maximum absolute atomic E-state index is 14.3. The van der Waals surface area contributed by atoms with E-state index in [9.17, 15) is 22.2 Å². The molecule has 0 aliphatic carbocycles. The molecule has 0 aromatic heterocycles. The van der Waals surface area contributed by atoms with E-state index in [0.29, 0.717) is 23.5 Å². The summed E-state index contributed by atoms with van der Waals surface area (Å²) in [5, 5.41) is 2.81. The summed E-state index contributed by atoms with van der Waals surface area (Å²) in [5.74, 6) is -3.00. The number of ether oxygens (including phenoxy) is 1. The van der Waals surface area contributed by atoms with Crippen LogP contribution in [0, 0.1) is 11.6 Å². The predicted octanol–water partition coefficient (Wildman–Crippen LogP) is 4.86. The zero-order chi connectivity index (χ0) is 24.6. The number of carbonyl (C=O) groups is 1. The predicted molar refractivity (Wildman–Crippen MR) is 123 cm³/mol. The van der Waals surface area contributed by atoms with E-state index in [0.717, 1.165) is 12.1 Å². The van der Waals surface area contributed by atoms with Crippen LogP contribution in [0.3, 0.4) is 0 Å². The Morgan fingerprint density at radius 1 is 1.27 bits per heavy atom. The van der Waals surface area contributed by atoms with Gasteiger partial charge in [-0.1, -0.05) is 18.7 Å². The summed E-state index contributed by atoms with van der Waals surface area (Å²) >= 11 is 0. The topological polar surface area (TPSA) is 106 Å². The number of hydrogen-bond donors (Lipinski definition) is 2. The molecular weight excluding hydrogens is 457 g/mol. The summed E-state index contributed by atoms with van der Waals surface area (Å²) in [6, 6.07) is 9.16. The molecule has 1 amide bonds. The van der Waals surface area contributed by atoms with Crippen molar-refractivity contribution in [2.75, 3.05) is 18.2 Å². The fourth-order valence-corrected chi connectivity index (χ4v) is 3.95. The number of carbonyl (C=O) groups excluding carboxylic acids is 1. The van der Waals surface area contributed by atoms with Gasteiger partial charge < -0.3 is 15.8 Å². The first-order chi connectivity index (χ1) is 15.5. The molecule has 3 N–H and O–H groups in total. The molecule has 2 aromatic rings. The van der Waals surface area contributed by atoms with E-state index >= 15 is 0 Å². The summed E-state index contributed by atoms with van der Waals surface area (Å²) < 4.78 is 62.5. The Kier molecular flexibility index (Phi) is 8.80. The second-order valence-electron chi connectivity index (χ2n) is 6.77. The first-order valence-corrected chi connectivity index (χ1v) is 11.7. The van der Waals surface area contributed by atoms with Gasteiger partial charge in [-0.2, -0.15) is 0 Å². The lowest BCUT2D eigenvalue weighted by molar-refractivity contribution is 0.164. The molecular formula is C22H23F3N4O3S. The van der Waals surface area contributed by atoms with E-state index < -0.39 is 39.0 Å². The molecule has 0 fully saturated rings. The van der Waals surface area contributed by atoms with Gasteiger partial charge in [0.15, 0.2) is 5.83 Å². The zero-order valence-electron chi connectivity index (χ0n) is 18.0. The van der Waals surface area contributed by atoms with Gasteiger partial charge in [-0.3, -0.25) is 0 Å². The fraction of sp³-hybridized carbons (Fsp3) is 0.182. The largest absolute Gasteiger partial charge is 0.448 e. The highest BCUT2D eigenvalue weighted by atomic mass is 32.2. The van der Waals surface area contributed by atoms with Gasteiger partial charge in [-0.25, -0.2) is 27.2 Å². The lowest BCUT2D eigenvalue weighted by Gasteiger charge is -2.11. The lowest BCUT2D eigenvalue weighted by Crippen LogP contribution is -2.10. The third-order valence-corrected chi connectivity index (χ3v) is 5.40. The molecule has 0 heterocycles. The van der Waals surface area contributed by atoms with Crippen molar-refractivity contribution in [1.82, 2.24) is 0 Å². The number of rotatable bonds is 8. The molecule has 0 spiro atoms. The van der Waals surface area contributed by atoms with E-state index in [4.69, 9.17) is 10.5 Å². The van der Waals surface area contributed by atoms with Gasteiger partial charge in [0.1, 0.15) is 23.2 Å². The highest BCUT2D eigenvalue weighted by Gasteiger charge is 2.16. The van der Waals surface area contributed by atoms with Crippen molar-refractivity contribution in [3.63, 3.8) is 0 Å². The molecule has 1 atom stereocenters. The van der Waals surface area contributed by atoms with Gasteiger partial charge in [0, 0.05) is 29.8 Å². The molecule has 33 heavy (non-hydrogen) atoms. The van der Waals surface area contributed by atoms with Crippen molar-refractivity contribution in [2.24, 2.45) is 15.1 Å². The summed E-state index contributed by atoms with van der Waals surface area (Å²) in [5.41, 5.74) is 5.46. The molecule has 2 aromatic carbocycles. The van der Waals surface area contributed by atoms with Crippen molar-refractivity contribution in [1.29, 1.82) is 0 Å². The normalized spacial score (nSPS) is 13.7. The molecule has 7 nitrogen and oxygen atoms in total. The Hall–Kier alpha value is -3.60. The average Bonchev–Trinajstić information content (AvgIpc) is 2.71. The maximum Gasteiger partial charge on any atom is 0.441 e. The maximum atomic E-state index is 14.3. The van der Waals surface area contributed by atoms with Crippen LogP contribution in [-0.4, -0.2) is 28.9 Å². The molecule has 0 saturated carbocycles. The first-order valence-electron chi connectivity index (χ1n) is 9.58. The van der Waals surface area contributed by atoms with Crippen LogP contribution in [0.25, 0.3) is 0 Å². The van der Waals surface area contributed by atoms with E-state index in [1.54, 1.807) is 31.2 Å². The van der Waals surface area contributed by atoms with Gasteiger partial charge in [-0.05, 0) is 36.8 Å². The number of allylic oxidation sites excluding steroid dienone is 1. The van der Waals surface area contributed by atoms with Crippen LogP contribution < -0.4 is 11.1 Å². The Labute approximate surface area is 190 Å². The minimum Gasteiger partial charge on any atom is -0.448 e. The van der Waals surface area contributed by atoms with Crippen LogP contribution in [0.1, 0.15) is 18.1 Å². The van der Waals surface area contributed by atoms with Crippen LogP contribution >= 0.6 is 0 Å². The molecule has 0 aliphatic heterocycles. The van der Waals surface area contributed by atoms with Gasteiger partial charge in [0.2, 0.25) is 0 Å². The molecule has 0 radical (unpaired) electrons. The highest BCUT2D eigenvalue weighted by molar-refractivity contribution is 7.92. The van der Waals surface area contributed by atoms with E-state index in [2.05, 4.69) is 21.3 Å². The highest BCUT2D eigenvalue weighted by Crippen LogP contribution is 2.20. The van der Waals surface area contributed by atoms with Crippen LogP contribution in [0.2, 0.25) is 0 Å². The number of aliphatic imine (C=N–C) groups is 1. The second kappa shape index (κ2) is 11.3. The summed E-state index contributed by atoms with van der Waals surface area (Å²) in [7, 11) is -2.90. The third kappa shape index (κ3) is 7.79. The Bertz CT molecular complexity index is 1240. The number of nitrogens with one attached hydrogen (secondary N) is 1. The molecule has 0 bridgehead atoms. The average molecular weight is 481 g/mol. The number of nitrogens with two attached hydrogens (primary N) is 1. The number of amides is 1. The fourth-order valence-electron chi connectivity index (χ4n) is 2.72. The molecule has 1 unspecified atom stereocenters. The van der Waals surface area contributed by atoms with Crippen molar-refractivity contribution in [2.45, 2.75) is 12.7 Å². The Morgan fingerprint density at radius 2 is 2.00 bits per heavy atom. The van der Waals surface area contributed by atoms with Gasteiger partial charge in [-0.15, -0.1) is 4.36 Å². The van der Waals surface area contributed by atoms with Crippen molar-refractivity contribution in [3.05, 3.63) is 89.7 Å². The quantitative estimate of drug-likeness (QED) is 0.525. The van der Waals surface area contributed by atoms with Gasteiger partial charge in [0.05, 0.1) is 22.1 Å². The van der Waals surface area contributed by atoms with Crippen molar-refractivity contribution >= 4 is 27.2 Å². The van der Waals surface area contributed by atoms with E-state index in [-0.39, 0.29) is 23.7 Å². The van der Waals surface area contributed by atoms with Crippen molar-refractivity contribution in [3.8, 4) is 0 Å². The van der Waals surface area contributed by atoms with E-state index in [1.165, 1.54) is 6.26 Å². The number of halogens is 3. The standard InChI is InChI=1S/C22H23F3N4O3S/c1-4-32-22(30)29-33(3,31)13-15-6-5-7-17(10-15)27-14(2)28-21(20(25)12-26)18-9-8-16(23)11-19(18)24/h5-12,27H,2,4,13,26H2,1,3H3/b20-12+,28-21?. The van der Waals surface area contributed by atoms with Crippen LogP contribution in [-0.2, 0) is 20.2 Å². The van der Waals surface area contributed by atoms with Gasteiger partial charge in [0.25, 0.3) is 0 Å². The molecule has 11 heteroatoms. The molecule has 0 saturated heterocycles. The number of benzene rings is 2. The summed E-state index contributed by atoms with van der Waals surface area (Å²) in [4.78, 5) is 15.5. The Morgan fingerprint density at radius 3 is 2.64 bits per heavy atom. The zero-order valence-corrected chi connectivity index (χ0v) is 18.8. The lowest BCUT2D eigenvalue weighted by atomic mass is 10.1. The smallest absolute Gasteiger partial charge is 0.441 e. The number of anilines is 1. The minimum atomic E-state index is -2.90. The summed E-state index contributed by atoms with van der Waals surface area (Å²) in [6.45, 7) is 5.40. The third-order valence-electron chi connectivity index (χ3n) is 3.99. The summed E-state index contributed by atoms with van der Waals surface area (Å²) in [6.07, 6.45) is 1.02. The molecule has 176 valence electrons. The van der Waals surface area contributed by atoms with Crippen molar-refractivity contribution < 1.29 is 26.9 Å². The van der Waals surface area contributed by atoms with Crippen LogP contribution in [0.5, 0.6) is 0 Å². The monoisotopic (exact) mass is 480 g/mol. The molecule has 0 aliphatic rings. The first kappa shape index (κ1) is 25.7. The van der Waals surface area contributed by atoms with Crippen LogP contribution in [0.15, 0.2) is 76.2 Å². The SMILES string of the molecule is C=C(N=C(/C(F)=C\N)c1ccc(F)cc1F)Nc1cccc(CS(C)(=O)=NC(=O)OCC)c1. The van der Waals surface area contributed by atoms with E-state index in [1.807, 2.05) is 0 Å². The number of hydrogen-bond acceptors (Lipinski definition) is 6. The van der Waals surface area contributed by atoms with Crippen LogP contribution in [0.4, 0.5) is 23.7 Å². The number of nitrogens with zero attached hydrogens (tertiary/aromatic N) is 2. The second-order valence-corrected chi connectivity index (χ2v) is 9.16. The molecule has 2 rings (SSSR count). The minimum absolute atomic E-state index is 0.0341. The van der Waals surface area contributed by atoms with Gasteiger partial charge >= 0.3 is 6.09 Å².